The molecular weight excluding hydrogens is 282 g/mol. The van der Waals surface area contributed by atoms with Gasteiger partial charge in [-0.15, -0.1) is 0 Å². The molecule has 2 unspecified atom stereocenters. The lowest BCUT2D eigenvalue weighted by molar-refractivity contribution is 0.375. The van der Waals surface area contributed by atoms with Crippen molar-refractivity contribution in [2.24, 2.45) is 11.8 Å². The number of hydrazine groups is 1. The molecule has 0 aliphatic carbocycles. The van der Waals surface area contributed by atoms with Crippen LogP contribution in [0.2, 0.25) is 0 Å². The van der Waals surface area contributed by atoms with Crippen molar-refractivity contribution in [2.45, 2.75) is 32.7 Å². The number of nitrogens with two attached hydrogens (primary N) is 1. The Labute approximate surface area is 110 Å². The molecule has 1 aliphatic rings. The van der Waals surface area contributed by atoms with E-state index in [4.69, 9.17) is 5.84 Å². The highest BCUT2D eigenvalue weighted by Gasteiger charge is 2.25. The van der Waals surface area contributed by atoms with Crippen molar-refractivity contribution in [1.82, 2.24) is 9.97 Å². The van der Waals surface area contributed by atoms with Gasteiger partial charge in [0.2, 0.25) is 5.95 Å². The lowest BCUT2D eigenvalue weighted by Gasteiger charge is -2.37. The quantitative estimate of drug-likeness (QED) is 0.647. The molecule has 1 saturated heterocycles. The molecule has 1 aromatic rings. The number of aromatic nitrogens is 2. The van der Waals surface area contributed by atoms with Crippen molar-refractivity contribution >= 4 is 27.7 Å². The van der Waals surface area contributed by atoms with E-state index in [9.17, 15) is 0 Å². The SMILES string of the molecule is CC1CCN(c2nc(NN)ncc2Br)C(C)C1. The van der Waals surface area contributed by atoms with E-state index >= 15 is 0 Å². The summed E-state index contributed by atoms with van der Waals surface area (Å²) in [5.74, 6) is 7.51. The van der Waals surface area contributed by atoms with Gasteiger partial charge in [-0.1, -0.05) is 6.92 Å². The molecule has 1 aliphatic heterocycles. The zero-order valence-corrected chi connectivity index (χ0v) is 11.7. The van der Waals surface area contributed by atoms with Crippen LogP contribution in [0.5, 0.6) is 0 Å². The molecule has 0 amide bonds. The molecule has 2 heterocycles. The van der Waals surface area contributed by atoms with Gasteiger partial charge in [-0.2, -0.15) is 4.98 Å². The van der Waals surface area contributed by atoms with Gasteiger partial charge in [0.1, 0.15) is 5.82 Å². The van der Waals surface area contributed by atoms with Crippen molar-refractivity contribution < 1.29 is 0 Å². The average Bonchev–Trinajstić information content (AvgIpc) is 2.30. The molecule has 0 radical (unpaired) electrons. The fourth-order valence-corrected chi connectivity index (χ4v) is 2.77. The molecule has 94 valence electrons. The molecule has 1 aromatic heterocycles. The van der Waals surface area contributed by atoms with E-state index in [0.29, 0.717) is 12.0 Å². The Morgan fingerprint density at radius 1 is 1.53 bits per heavy atom. The molecule has 0 bridgehead atoms. The van der Waals surface area contributed by atoms with Gasteiger partial charge in [-0.3, -0.25) is 5.43 Å². The number of hydrogen-bond acceptors (Lipinski definition) is 5. The molecule has 6 heteroatoms. The Morgan fingerprint density at radius 3 is 2.94 bits per heavy atom. The van der Waals surface area contributed by atoms with Crippen LogP contribution in [-0.2, 0) is 0 Å². The number of rotatable bonds is 2. The molecule has 2 rings (SSSR count). The summed E-state index contributed by atoms with van der Waals surface area (Å²) >= 11 is 3.50. The molecular formula is C11H18BrN5. The average molecular weight is 300 g/mol. The number of nitrogens with zero attached hydrogens (tertiary/aromatic N) is 3. The number of nitrogens with one attached hydrogen (secondary N) is 1. The van der Waals surface area contributed by atoms with Crippen LogP contribution in [0.15, 0.2) is 10.7 Å². The van der Waals surface area contributed by atoms with E-state index in [1.54, 1.807) is 6.20 Å². The fraction of sp³-hybridized carbons (Fsp3) is 0.636. The molecule has 3 N–H and O–H groups in total. The smallest absolute Gasteiger partial charge is 0.239 e. The van der Waals surface area contributed by atoms with Crippen LogP contribution in [0, 0.1) is 5.92 Å². The highest BCUT2D eigenvalue weighted by molar-refractivity contribution is 9.10. The van der Waals surface area contributed by atoms with Crippen LogP contribution in [0.4, 0.5) is 11.8 Å². The molecule has 5 nitrogen and oxygen atoms in total. The highest BCUT2D eigenvalue weighted by Crippen LogP contribution is 2.31. The monoisotopic (exact) mass is 299 g/mol. The molecule has 0 spiro atoms. The fourth-order valence-electron chi connectivity index (χ4n) is 2.35. The Kier molecular flexibility index (Phi) is 3.83. The van der Waals surface area contributed by atoms with Crippen LogP contribution >= 0.6 is 15.9 Å². The molecule has 0 saturated carbocycles. The van der Waals surface area contributed by atoms with Crippen LogP contribution in [0.3, 0.4) is 0 Å². The first-order valence-electron chi connectivity index (χ1n) is 5.87. The second-order valence-electron chi connectivity index (χ2n) is 4.68. The maximum atomic E-state index is 5.35. The Bertz CT molecular complexity index is 397. The van der Waals surface area contributed by atoms with E-state index in [0.717, 1.165) is 22.8 Å². The predicted octanol–water partition coefficient (Wildman–Crippen LogP) is 2.15. The summed E-state index contributed by atoms with van der Waals surface area (Å²) in [6, 6.07) is 0.496. The van der Waals surface area contributed by atoms with E-state index in [1.807, 2.05) is 0 Å². The van der Waals surface area contributed by atoms with E-state index in [1.165, 1.54) is 12.8 Å². The van der Waals surface area contributed by atoms with Gasteiger partial charge in [-0.05, 0) is 41.6 Å². The number of nitrogen functional groups attached to an aromatic ring is 1. The summed E-state index contributed by atoms with van der Waals surface area (Å²) in [5.41, 5.74) is 2.49. The maximum absolute atomic E-state index is 5.35. The molecule has 17 heavy (non-hydrogen) atoms. The third-order valence-corrected chi connectivity index (χ3v) is 3.82. The zero-order valence-electron chi connectivity index (χ0n) is 10.2. The summed E-state index contributed by atoms with van der Waals surface area (Å²) in [6.45, 7) is 5.57. The third kappa shape index (κ3) is 2.69. The first-order valence-corrected chi connectivity index (χ1v) is 6.67. The first-order chi connectivity index (χ1) is 8.11. The molecule has 2 atom stereocenters. The minimum atomic E-state index is 0.453. The zero-order chi connectivity index (χ0) is 12.4. The van der Waals surface area contributed by atoms with Crippen molar-refractivity contribution in [3.8, 4) is 0 Å². The lowest BCUT2D eigenvalue weighted by atomic mass is 9.93. The van der Waals surface area contributed by atoms with Gasteiger partial charge in [0.05, 0.1) is 4.47 Å². The van der Waals surface area contributed by atoms with Crippen LogP contribution in [-0.4, -0.2) is 22.6 Å². The van der Waals surface area contributed by atoms with Gasteiger partial charge >= 0.3 is 0 Å². The van der Waals surface area contributed by atoms with Gasteiger partial charge in [-0.25, -0.2) is 10.8 Å². The molecule has 0 aromatic carbocycles. The second-order valence-corrected chi connectivity index (χ2v) is 5.54. The standard InChI is InChI=1S/C11H18BrN5/c1-7-3-4-17(8(2)5-7)10-9(12)6-14-11(15-10)16-13/h6-8H,3-5,13H2,1-2H3,(H,14,15,16). The summed E-state index contributed by atoms with van der Waals surface area (Å²) in [5, 5.41) is 0. The van der Waals surface area contributed by atoms with Crippen molar-refractivity contribution in [3.05, 3.63) is 10.7 Å². The number of anilines is 2. The summed E-state index contributed by atoms with van der Waals surface area (Å²) in [6.07, 6.45) is 4.14. The highest BCUT2D eigenvalue weighted by atomic mass is 79.9. The van der Waals surface area contributed by atoms with Gasteiger partial charge < -0.3 is 4.90 Å². The van der Waals surface area contributed by atoms with Crippen LogP contribution in [0.1, 0.15) is 26.7 Å². The van der Waals surface area contributed by atoms with Gasteiger partial charge in [0.25, 0.3) is 0 Å². The summed E-state index contributed by atoms with van der Waals surface area (Å²) in [7, 11) is 0. The number of halogens is 1. The maximum Gasteiger partial charge on any atom is 0.239 e. The topological polar surface area (TPSA) is 67.1 Å². The van der Waals surface area contributed by atoms with Gasteiger partial charge in [0.15, 0.2) is 0 Å². The lowest BCUT2D eigenvalue weighted by Crippen LogP contribution is -2.41. The Balaban J connectivity index is 2.26. The minimum absolute atomic E-state index is 0.453. The predicted molar refractivity (Wildman–Crippen MR) is 72.7 cm³/mol. The Morgan fingerprint density at radius 2 is 2.29 bits per heavy atom. The number of hydrogen-bond donors (Lipinski definition) is 2. The van der Waals surface area contributed by atoms with Gasteiger partial charge in [0, 0.05) is 18.8 Å². The van der Waals surface area contributed by atoms with Crippen LogP contribution < -0.4 is 16.2 Å². The van der Waals surface area contributed by atoms with Crippen molar-refractivity contribution in [1.29, 1.82) is 0 Å². The second kappa shape index (κ2) is 5.18. The van der Waals surface area contributed by atoms with E-state index in [2.05, 4.69) is 50.1 Å². The van der Waals surface area contributed by atoms with E-state index < -0.39 is 0 Å². The van der Waals surface area contributed by atoms with Crippen molar-refractivity contribution in [3.63, 3.8) is 0 Å². The summed E-state index contributed by atoms with van der Waals surface area (Å²) < 4.78 is 0.915. The van der Waals surface area contributed by atoms with Crippen molar-refractivity contribution in [2.75, 3.05) is 16.9 Å². The normalized spacial score (nSPS) is 24.8. The Hall–Kier alpha value is -0.880. The largest absolute Gasteiger partial charge is 0.353 e. The third-order valence-electron chi connectivity index (χ3n) is 3.27. The number of piperidine rings is 1. The minimum Gasteiger partial charge on any atom is -0.353 e. The van der Waals surface area contributed by atoms with E-state index in [-0.39, 0.29) is 0 Å². The van der Waals surface area contributed by atoms with Crippen LogP contribution in [0.25, 0.3) is 0 Å². The first kappa shape index (κ1) is 12.6. The molecule has 1 fully saturated rings. The summed E-state index contributed by atoms with van der Waals surface area (Å²) in [4.78, 5) is 10.8.